The highest BCUT2D eigenvalue weighted by atomic mass is 16.5. The van der Waals surface area contributed by atoms with E-state index in [1.54, 1.807) is 0 Å². The SMILES string of the molecule is CC/C=C/C=C/C=C\C=C/C=C/CCCC(=O)OC(CCCCCCCCCCCC)CC(=O)NC(CO)C(O)CCCCCCCCCCCCCCCCCCC. The van der Waals surface area contributed by atoms with Crippen molar-refractivity contribution in [3.05, 3.63) is 60.8 Å². The normalized spacial score (nSPS) is 13.8. The molecule has 0 heterocycles. The van der Waals surface area contributed by atoms with Crippen LogP contribution in [0.15, 0.2) is 60.8 Å². The molecule has 6 nitrogen and oxygen atoms in total. The average Bonchev–Trinajstić information content (AvgIpc) is 3.23. The van der Waals surface area contributed by atoms with Crippen LogP contribution >= 0.6 is 0 Å². The zero-order chi connectivity index (χ0) is 43.1. The van der Waals surface area contributed by atoms with Crippen LogP contribution in [-0.4, -0.2) is 46.9 Å². The van der Waals surface area contributed by atoms with Crippen molar-refractivity contribution in [2.24, 2.45) is 0 Å². The molecule has 1 amide bonds. The first-order chi connectivity index (χ1) is 29.0. The summed E-state index contributed by atoms with van der Waals surface area (Å²) in [6, 6.07) is -0.715. The molecule has 0 saturated heterocycles. The van der Waals surface area contributed by atoms with Crippen molar-refractivity contribution in [3.63, 3.8) is 0 Å². The maximum absolute atomic E-state index is 13.2. The minimum absolute atomic E-state index is 0.0494. The molecule has 0 aliphatic carbocycles. The number of nitrogens with one attached hydrogen (secondary N) is 1. The number of carbonyl (C=O) groups excluding carboxylic acids is 2. The van der Waals surface area contributed by atoms with Crippen LogP contribution in [0.1, 0.15) is 239 Å². The molecule has 0 aromatic carbocycles. The number of unbranched alkanes of at least 4 members (excludes halogenated alkanes) is 26. The number of allylic oxidation sites excluding steroid dienone is 10. The summed E-state index contributed by atoms with van der Waals surface area (Å²) in [5.74, 6) is -0.560. The summed E-state index contributed by atoms with van der Waals surface area (Å²) in [7, 11) is 0. The van der Waals surface area contributed by atoms with Gasteiger partial charge in [0.15, 0.2) is 0 Å². The van der Waals surface area contributed by atoms with Crippen molar-refractivity contribution in [2.45, 2.75) is 257 Å². The third-order valence-electron chi connectivity index (χ3n) is 11.2. The van der Waals surface area contributed by atoms with Crippen LogP contribution in [-0.2, 0) is 14.3 Å². The first-order valence-corrected chi connectivity index (χ1v) is 25.1. The van der Waals surface area contributed by atoms with Crippen molar-refractivity contribution < 1.29 is 24.5 Å². The predicted molar refractivity (Wildman–Crippen MR) is 255 cm³/mol. The summed E-state index contributed by atoms with van der Waals surface area (Å²) < 4.78 is 5.87. The zero-order valence-electron chi connectivity index (χ0n) is 38.9. The van der Waals surface area contributed by atoms with Crippen molar-refractivity contribution >= 4 is 11.9 Å². The van der Waals surface area contributed by atoms with E-state index in [-0.39, 0.29) is 24.9 Å². The molecule has 0 aliphatic heterocycles. The Balaban J connectivity index is 4.54. The van der Waals surface area contributed by atoms with Crippen molar-refractivity contribution in [2.75, 3.05) is 6.61 Å². The predicted octanol–water partition coefficient (Wildman–Crippen LogP) is 14.8. The molecule has 6 heteroatoms. The maximum Gasteiger partial charge on any atom is 0.306 e. The van der Waals surface area contributed by atoms with Crippen LogP contribution in [0.3, 0.4) is 0 Å². The van der Waals surface area contributed by atoms with Crippen molar-refractivity contribution in [1.82, 2.24) is 5.32 Å². The number of ether oxygens (including phenoxy) is 1. The van der Waals surface area contributed by atoms with E-state index in [1.165, 1.54) is 135 Å². The fraction of sp³-hybridized carbons (Fsp3) is 0.774. The highest BCUT2D eigenvalue weighted by Gasteiger charge is 2.24. The number of hydrogen-bond acceptors (Lipinski definition) is 5. The molecule has 0 fully saturated rings. The zero-order valence-corrected chi connectivity index (χ0v) is 38.9. The van der Waals surface area contributed by atoms with E-state index >= 15 is 0 Å². The maximum atomic E-state index is 13.2. The van der Waals surface area contributed by atoms with Crippen LogP contribution in [0.4, 0.5) is 0 Å². The van der Waals surface area contributed by atoms with Gasteiger partial charge in [0.1, 0.15) is 6.10 Å². The second kappa shape index (κ2) is 46.6. The van der Waals surface area contributed by atoms with E-state index in [1.807, 2.05) is 54.7 Å². The lowest BCUT2D eigenvalue weighted by Crippen LogP contribution is -2.46. The second-order valence-electron chi connectivity index (χ2n) is 17.0. The number of aliphatic hydroxyl groups excluding tert-OH is 2. The Morgan fingerprint density at radius 2 is 0.898 bits per heavy atom. The number of esters is 1. The van der Waals surface area contributed by atoms with Gasteiger partial charge in [-0.15, -0.1) is 0 Å². The lowest BCUT2D eigenvalue weighted by molar-refractivity contribution is -0.151. The Morgan fingerprint density at radius 3 is 1.32 bits per heavy atom. The molecule has 0 rings (SSSR count). The number of aliphatic hydroxyl groups is 2. The third kappa shape index (κ3) is 42.1. The van der Waals surface area contributed by atoms with Crippen LogP contribution in [0, 0.1) is 0 Å². The average molecular weight is 826 g/mol. The molecule has 0 aliphatic rings. The van der Waals surface area contributed by atoms with Crippen LogP contribution in [0.5, 0.6) is 0 Å². The first-order valence-electron chi connectivity index (χ1n) is 25.1. The van der Waals surface area contributed by atoms with E-state index in [4.69, 9.17) is 4.74 Å². The summed E-state index contributed by atoms with van der Waals surface area (Å²) in [5.41, 5.74) is 0. The van der Waals surface area contributed by atoms with Gasteiger partial charge >= 0.3 is 5.97 Å². The van der Waals surface area contributed by atoms with Gasteiger partial charge in [-0.1, -0.05) is 248 Å². The monoisotopic (exact) mass is 826 g/mol. The van der Waals surface area contributed by atoms with Gasteiger partial charge in [-0.3, -0.25) is 9.59 Å². The van der Waals surface area contributed by atoms with Gasteiger partial charge in [0.25, 0.3) is 0 Å². The van der Waals surface area contributed by atoms with Gasteiger partial charge in [-0.25, -0.2) is 0 Å². The van der Waals surface area contributed by atoms with E-state index in [0.29, 0.717) is 25.7 Å². The van der Waals surface area contributed by atoms with E-state index in [9.17, 15) is 19.8 Å². The largest absolute Gasteiger partial charge is 0.462 e. The van der Waals surface area contributed by atoms with Gasteiger partial charge in [-0.05, 0) is 38.5 Å². The minimum atomic E-state index is -0.799. The standard InChI is InChI=1S/C53H95NO5/c1-4-7-10-13-16-19-22-24-25-26-27-29-30-33-36-39-42-45-51(56)50(48-55)54-52(57)47-49(44-41-38-35-32-21-18-15-12-9-6-3)59-53(58)46-43-40-37-34-31-28-23-20-17-14-11-8-5-2/h8,11,14,17,20,23,28,31,34,37,49-51,55-56H,4-7,9-10,12-13,15-16,18-19,21-22,24-27,29-30,32-33,35-36,38-48H2,1-3H3,(H,54,57)/b11-8+,17-14+,23-20-,31-28-,37-34+. The highest BCUT2D eigenvalue weighted by Crippen LogP contribution is 2.18. The smallest absolute Gasteiger partial charge is 0.306 e. The van der Waals surface area contributed by atoms with E-state index in [2.05, 4.69) is 32.2 Å². The van der Waals surface area contributed by atoms with E-state index < -0.39 is 18.2 Å². The molecule has 0 aromatic heterocycles. The summed E-state index contributed by atoms with van der Waals surface area (Å²) in [4.78, 5) is 26.0. The van der Waals surface area contributed by atoms with E-state index in [0.717, 1.165) is 51.4 Å². The Morgan fingerprint density at radius 1 is 0.508 bits per heavy atom. The van der Waals surface area contributed by atoms with Gasteiger partial charge < -0.3 is 20.3 Å². The molecule has 59 heavy (non-hydrogen) atoms. The van der Waals surface area contributed by atoms with Gasteiger partial charge in [0, 0.05) is 6.42 Å². The summed E-state index contributed by atoms with van der Waals surface area (Å²) in [6.07, 6.45) is 57.2. The molecule has 3 unspecified atom stereocenters. The molecule has 0 saturated carbocycles. The molecular formula is C53H95NO5. The fourth-order valence-corrected chi connectivity index (χ4v) is 7.46. The number of hydrogen-bond donors (Lipinski definition) is 3. The minimum Gasteiger partial charge on any atom is -0.462 e. The van der Waals surface area contributed by atoms with Crippen LogP contribution < -0.4 is 5.32 Å². The number of amides is 1. The van der Waals surface area contributed by atoms with Crippen LogP contribution in [0.25, 0.3) is 0 Å². The summed E-state index contributed by atoms with van der Waals surface area (Å²) in [5, 5.41) is 23.7. The Kier molecular flexibility index (Phi) is 44.7. The molecule has 3 atom stereocenters. The summed E-state index contributed by atoms with van der Waals surface area (Å²) >= 11 is 0. The van der Waals surface area contributed by atoms with Crippen molar-refractivity contribution in [3.8, 4) is 0 Å². The topological polar surface area (TPSA) is 95.9 Å². The molecule has 0 spiro atoms. The Labute approximate surface area is 365 Å². The number of rotatable bonds is 44. The molecule has 3 N–H and O–H groups in total. The molecule has 0 bridgehead atoms. The fourth-order valence-electron chi connectivity index (χ4n) is 7.46. The number of carbonyl (C=O) groups is 2. The van der Waals surface area contributed by atoms with Crippen LogP contribution in [0.2, 0.25) is 0 Å². The lowest BCUT2D eigenvalue weighted by atomic mass is 10.0. The Bertz CT molecular complexity index is 1060. The molecule has 0 radical (unpaired) electrons. The molecular weight excluding hydrogens is 731 g/mol. The Hall–Kier alpha value is -2.44. The molecule has 0 aromatic rings. The van der Waals surface area contributed by atoms with Crippen molar-refractivity contribution in [1.29, 1.82) is 0 Å². The van der Waals surface area contributed by atoms with Gasteiger partial charge in [0.05, 0.1) is 25.2 Å². The quantitative estimate of drug-likeness (QED) is 0.0323. The second-order valence-corrected chi connectivity index (χ2v) is 17.0. The summed E-state index contributed by atoms with van der Waals surface area (Å²) in [6.45, 7) is 6.32. The van der Waals surface area contributed by atoms with Gasteiger partial charge in [0.2, 0.25) is 5.91 Å². The van der Waals surface area contributed by atoms with Gasteiger partial charge in [-0.2, -0.15) is 0 Å². The third-order valence-corrected chi connectivity index (χ3v) is 11.2. The first kappa shape index (κ1) is 56.6. The lowest BCUT2D eigenvalue weighted by Gasteiger charge is -2.24. The highest BCUT2D eigenvalue weighted by molar-refractivity contribution is 5.77. The molecule has 342 valence electrons.